The van der Waals surface area contributed by atoms with Gasteiger partial charge < -0.3 is 15.4 Å². The minimum atomic E-state index is 0.736. The van der Waals surface area contributed by atoms with Crippen LogP contribution in [0.3, 0.4) is 0 Å². The van der Waals surface area contributed by atoms with E-state index in [-0.39, 0.29) is 0 Å². The Kier molecular flexibility index (Phi) is 4.00. The smallest absolute Gasteiger partial charge is 0.0495 e. The second-order valence-electron chi connectivity index (χ2n) is 5.20. The lowest BCUT2D eigenvalue weighted by atomic mass is 10.0. The molecule has 2 rings (SSSR count). The van der Waals surface area contributed by atoms with Gasteiger partial charge in [-0.15, -0.1) is 0 Å². The molecule has 3 heteroatoms. The largest absolute Gasteiger partial charge is 0.381 e. The van der Waals surface area contributed by atoms with Crippen molar-refractivity contribution in [2.75, 3.05) is 32.8 Å². The van der Waals surface area contributed by atoms with Crippen LogP contribution >= 0.6 is 0 Å². The Morgan fingerprint density at radius 2 is 2.27 bits per heavy atom. The summed E-state index contributed by atoms with van der Waals surface area (Å²) in [7, 11) is 0. The fourth-order valence-electron chi connectivity index (χ4n) is 2.86. The highest BCUT2D eigenvalue weighted by Crippen LogP contribution is 2.24. The highest BCUT2D eigenvalue weighted by molar-refractivity contribution is 4.83. The molecule has 0 aromatic carbocycles. The number of hydrogen-bond acceptors (Lipinski definition) is 3. The Balaban J connectivity index is 1.70. The van der Waals surface area contributed by atoms with Gasteiger partial charge in [0, 0.05) is 25.8 Å². The van der Waals surface area contributed by atoms with Crippen molar-refractivity contribution >= 4 is 0 Å². The van der Waals surface area contributed by atoms with Crippen molar-refractivity contribution in [2.24, 2.45) is 17.6 Å². The van der Waals surface area contributed by atoms with Crippen LogP contribution in [0.1, 0.15) is 26.2 Å². The first-order valence-electron chi connectivity index (χ1n) is 6.31. The second-order valence-corrected chi connectivity index (χ2v) is 5.20. The molecule has 2 aliphatic heterocycles. The van der Waals surface area contributed by atoms with E-state index in [4.69, 9.17) is 10.5 Å². The van der Waals surface area contributed by atoms with Crippen LogP contribution in [-0.2, 0) is 4.74 Å². The van der Waals surface area contributed by atoms with Crippen LogP contribution in [-0.4, -0.2) is 43.8 Å². The van der Waals surface area contributed by atoms with Gasteiger partial charge in [0.15, 0.2) is 0 Å². The van der Waals surface area contributed by atoms with E-state index in [1.807, 2.05) is 0 Å². The number of hydrogen-bond donors (Lipinski definition) is 1. The molecule has 2 aliphatic rings. The van der Waals surface area contributed by atoms with Crippen molar-refractivity contribution < 1.29 is 4.74 Å². The Labute approximate surface area is 93.0 Å². The van der Waals surface area contributed by atoms with E-state index < -0.39 is 0 Å². The molecule has 3 nitrogen and oxygen atoms in total. The molecule has 2 fully saturated rings. The Bertz CT molecular complexity index is 192. The molecule has 0 bridgehead atoms. The molecule has 88 valence electrons. The van der Waals surface area contributed by atoms with Crippen LogP contribution in [0.5, 0.6) is 0 Å². The van der Waals surface area contributed by atoms with Crippen molar-refractivity contribution in [2.45, 2.75) is 32.2 Å². The number of nitrogens with zero attached hydrogens (tertiary/aromatic N) is 1. The average molecular weight is 212 g/mol. The standard InChI is InChI=1S/C12H24N2O/c1-10-6-12(7-13)8-14(10)4-2-11-3-5-15-9-11/h10-12H,2-9,13H2,1H3. The Hall–Kier alpha value is -0.120. The molecule has 0 amide bonds. The molecule has 3 atom stereocenters. The third-order valence-electron chi connectivity index (χ3n) is 3.97. The maximum Gasteiger partial charge on any atom is 0.0495 e. The summed E-state index contributed by atoms with van der Waals surface area (Å²) < 4.78 is 5.40. The van der Waals surface area contributed by atoms with E-state index in [1.54, 1.807) is 0 Å². The predicted molar refractivity (Wildman–Crippen MR) is 61.7 cm³/mol. The van der Waals surface area contributed by atoms with Gasteiger partial charge in [-0.1, -0.05) is 0 Å². The minimum absolute atomic E-state index is 0.736. The highest BCUT2D eigenvalue weighted by Gasteiger charge is 2.28. The summed E-state index contributed by atoms with van der Waals surface area (Å²) in [6.07, 6.45) is 3.86. The van der Waals surface area contributed by atoms with Crippen LogP contribution < -0.4 is 5.73 Å². The SMILES string of the molecule is CC1CC(CN)CN1CCC1CCOC1. The van der Waals surface area contributed by atoms with Crippen LogP contribution in [0.2, 0.25) is 0 Å². The summed E-state index contributed by atoms with van der Waals surface area (Å²) in [4.78, 5) is 2.61. The van der Waals surface area contributed by atoms with Gasteiger partial charge in [-0.05, 0) is 51.1 Å². The zero-order chi connectivity index (χ0) is 10.7. The van der Waals surface area contributed by atoms with Gasteiger partial charge in [-0.3, -0.25) is 0 Å². The van der Waals surface area contributed by atoms with Gasteiger partial charge in [-0.25, -0.2) is 0 Å². The van der Waals surface area contributed by atoms with Crippen molar-refractivity contribution in [3.05, 3.63) is 0 Å². The first-order chi connectivity index (χ1) is 7.29. The lowest BCUT2D eigenvalue weighted by Crippen LogP contribution is -2.30. The van der Waals surface area contributed by atoms with Crippen molar-refractivity contribution in [1.29, 1.82) is 0 Å². The van der Waals surface area contributed by atoms with E-state index in [2.05, 4.69) is 11.8 Å². The van der Waals surface area contributed by atoms with Crippen LogP contribution in [0, 0.1) is 11.8 Å². The summed E-state index contributed by atoms with van der Waals surface area (Å²) in [5.74, 6) is 1.55. The molecule has 2 N–H and O–H groups in total. The molecule has 0 aliphatic carbocycles. The zero-order valence-corrected chi connectivity index (χ0v) is 9.82. The van der Waals surface area contributed by atoms with Crippen LogP contribution in [0.25, 0.3) is 0 Å². The Morgan fingerprint density at radius 3 is 2.87 bits per heavy atom. The maximum atomic E-state index is 5.73. The first kappa shape index (κ1) is 11.4. The van der Waals surface area contributed by atoms with Gasteiger partial charge in [0.05, 0.1) is 0 Å². The van der Waals surface area contributed by atoms with Crippen molar-refractivity contribution in [3.63, 3.8) is 0 Å². The van der Waals surface area contributed by atoms with Gasteiger partial charge in [-0.2, -0.15) is 0 Å². The van der Waals surface area contributed by atoms with Crippen molar-refractivity contribution in [3.8, 4) is 0 Å². The summed E-state index contributed by atoms with van der Waals surface area (Å²) >= 11 is 0. The van der Waals surface area contributed by atoms with E-state index in [0.717, 1.165) is 37.6 Å². The van der Waals surface area contributed by atoms with Crippen LogP contribution in [0.15, 0.2) is 0 Å². The van der Waals surface area contributed by atoms with Gasteiger partial charge in [0.2, 0.25) is 0 Å². The topological polar surface area (TPSA) is 38.5 Å². The fourth-order valence-corrected chi connectivity index (χ4v) is 2.86. The number of nitrogens with two attached hydrogens (primary N) is 1. The molecule has 0 spiro atoms. The van der Waals surface area contributed by atoms with Gasteiger partial charge in [0.1, 0.15) is 0 Å². The summed E-state index contributed by atoms with van der Waals surface area (Å²) in [6.45, 7) is 7.61. The second kappa shape index (κ2) is 5.28. The molecule has 2 heterocycles. The summed E-state index contributed by atoms with van der Waals surface area (Å²) in [5, 5.41) is 0. The molecule has 0 radical (unpaired) electrons. The zero-order valence-electron chi connectivity index (χ0n) is 9.82. The monoisotopic (exact) mass is 212 g/mol. The van der Waals surface area contributed by atoms with Gasteiger partial charge in [0.25, 0.3) is 0 Å². The normalized spacial score (nSPS) is 37.6. The number of rotatable bonds is 4. The van der Waals surface area contributed by atoms with Crippen LogP contribution in [0.4, 0.5) is 0 Å². The predicted octanol–water partition coefficient (Wildman–Crippen LogP) is 1.08. The highest BCUT2D eigenvalue weighted by atomic mass is 16.5. The molecule has 0 saturated carbocycles. The number of likely N-dealkylation sites (tertiary alicyclic amines) is 1. The molecule has 0 aromatic rings. The lowest BCUT2D eigenvalue weighted by Gasteiger charge is -2.22. The van der Waals surface area contributed by atoms with E-state index in [0.29, 0.717) is 0 Å². The summed E-state index contributed by atoms with van der Waals surface area (Å²) in [5.41, 5.74) is 5.73. The first-order valence-corrected chi connectivity index (χ1v) is 6.31. The van der Waals surface area contributed by atoms with E-state index in [1.165, 1.54) is 32.4 Å². The molecular weight excluding hydrogens is 188 g/mol. The van der Waals surface area contributed by atoms with E-state index >= 15 is 0 Å². The van der Waals surface area contributed by atoms with E-state index in [9.17, 15) is 0 Å². The maximum absolute atomic E-state index is 5.73. The van der Waals surface area contributed by atoms with Gasteiger partial charge >= 0.3 is 0 Å². The third-order valence-corrected chi connectivity index (χ3v) is 3.97. The van der Waals surface area contributed by atoms with Crippen molar-refractivity contribution in [1.82, 2.24) is 4.90 Å². The Morgan fingerprint density at radius 1 is 1.40 bits per heavy atom. The molecule has 15 heavy (non-hydrogen) atoms. The molecule has 0 aromatic heterocycles. The molecule has 3 unspecified atom stereocenters. The lowest BCUT2D eigenvalue weighted by molar-refractivity contribution is 0.176. The third kappa shape index (κ3) is 2.92. The molecular formula is C12H24N2O. The average Bonchev–Trinajstić information content (AvgIpc) is 2.84. The minimum Gasteiger partial charge on any atom is -0.381 e. The molecule has 2 saturated heterocycles. The quantitative estimate of drug-likeness (QED) is 0.758. The number of ether oxygens (including phenoxy) is 1. The fraction of sp³-hybridized carbons (Fsp3) is 1.00. The summed E-state index contributed by atoms with van der Waals surface area (Å²) in [6, 6.07) is 0.737.